The molecule has 0 N–H and O–H groups in total. The minimum atomic E-state index is 0.162. The number of hydrogen-bond donors (Lipinski definition) is 0. The molecule has 11 heavy (non-hydrogen) atoms. The first-order valence-corrected chi connectivity index (χ1v) is 4.13. The van der Waals surface area contributed by atoms with Crippen LogP contribution in [0.3, 0.4) is 0 Å². The molecule has 2 rings (SSSR count). The smallest absolute Gasteiger partial charge is 0.179 e. The van der Waals surface area contributed by atoms with E-state index in [0.29, 0.717) is 0 Å². The van der Waals surface area contributed by atoms with Crippen LogP contribution in [0.2, 0.25) is 0 Å². The van der Waals surface area contributed by atoms with Crippen LogP contribution in [0.25, 0.3) is 0 Å². The lowest BCUT2D eigenvalue weighted by Crippen LogP contribution is -1.85. The van der Waals surface area contributed by atoms with Gasteiger partial charge in [-0.1, -0.05) is 0 Å². The van der Waals surface area contributed by atoms with E-state index in [0.717, 1.165) is 15.9 Å². The van der Waals surface area contributed by atoms with E-state index in [1.165, 1.54) is 0 Å². The van der Waals surface area contributed by atoms with Crippen LogP contribution in [0.15, 0.2) is 27.0 Å². The molecule has 0 aliphatic carbocycles. The summed E-state index contributed by atoms with van der Waals surface area (Å²) in [5, 5.41) is 7.90. The number of azo groups is 1. The first-order valence-electron chi connectivity index (χ1n) is 3.33. The third kappa shape index (κ3) is 1.07. The highest BCUT2D eigenvalue weighted by Gasteiger charge is 2.16. The molecular formula is C7H6BrN3. The fourth-order valence-corrected chi connectivity index (χ4v) is 1.39. The molecule has 3 nitrogen and oxygen atoms in total. The molecule has 1 aromatic heterocycles. The summed E-state index contributed by atoms with van der Waals surface area (Å²) in [4.78, 5) is 4.10. The van der Waals surface area contributed by atoms with Crippen molar-refractivity contribution in [2.75, 3.05) is 0 Å². The molecule has 0 bridgehead atoms. The molecule has 1 aliphatic rings. The Morgan fingerprint density at radius 3 is 3.18 bits per heavy atom. The maximum absolute atomic E-state index is 4.10. The molecule has 0 amide bonds. The summed E-state index contributed by atoms with van der Waals surface area (Å²) in [6, 6.07) is 2.17. The van der Waals surface area contributed by atoms with Crippen LogP contribution < -0.4 is 0 Å². The van der Waals surface area contributed by atoms with E-state index >= 15 is 0 Å². The van der Waals surface area contributed by atoms with E-state index in [1.54, 1.807) is 6.20 Å². The number of halogens is 1. The van der Waals surface area contributed by atoms with E-state index in [2.05, 4.69) is 31.1 Å². The lowest BCUT2D eigenvalue weighted by molar-refractivity contribution is 0.811. The highest BCUT2D eigenvalue weighted by atomic mass is 79.9. The SMILES string of the molecule is C[C@@H]1N=Nc2ncc(Br)cc21. The summed E-state index contributed by atoms with van der Waals surface area (Å²) in [5.74, 6) is 0.751. The number of hydrogen-bond acceptors (Lipinski definition) is 3. The van der Waals surface area contributed by atoms with Crippen LogP contribution in [0.4, 0.5) is 5.82 Å². The summed E-state index contributed by atoms with van der Waals surface area (Å²) in [7, 11) is 0. The van der Waals surface area contributed by atoms with E-state index in [4.69, 9.17) is 0 Å². The Balaban J connectivity index is 2.58. The molecule has 0 saturated carbocycles. The second kappa shape index (κ2) is 2.37. The molecule has 0 unspecified atom stereocenters. The van der Waals surface area contributed by atoms with Gasteiger partial charge in [-0.2, -0.15) is 5.11 Å². The van der Waals surface area contributed by atoms with Crippen LogP contribution in [-0.4, -0.2) is 4.98 Å². The van der Waals surface area contributed by atoms with Gasteiger partial charge in [0.05, 0.1) is 6.04 Å². The van der Waals surface area contributed by atoms with Crippen molar-refractivity contribution >= 4 is 21.7 Å². The Kier molecular flexibility index (Phi) is 1.49. The van der Waals surface area contributed by atoms with Crippen molar-refractivity contribution in [3.8, 4) is 0 Å². The van der Waals surface area contributed by atoms with Gasteiger partial charge in [0.25, 0.3) is 0 Å². The largest absolute Gasteiger partial charge is 0.234 e. The summed E-state index contributed by atoms with van der Waals surface area (Å²) in [5.41, 5.74) is 1.10. The summed E-state index contributed by atoms with van der Waals surface area (Å²) in [6.07, 6.45) is 1.73. The number of aromatic nitrogens is 1. The number of pyridine rings is 1. The van der Waals surface area contributed by atoms with Gasteiger partial charge in [-0.25, -0.2) is 4.98 Å². The van der Waals surface area contributed by atoms with Gasteiger partial charge >= 0.3 is 0 Å². The van der Waals surface area contributed by atoms with E-state index in [1.807, 2.05) is 13.0 Å². The zero-order valence-corrected chi connectivity index (χ0v) is 7.54. The van der Waals surface area contributed by atoms with Crippen LogP contribution in [0, 0.1) is 0 Å². The molecule has 1 atom stereocenters. The fourth-order valence-electron chi connectivity index (χ4n) is 1.04. The Hall–Kier alpha value is -0.770. The Morgan fingerprint density at radius 2 is 2.36 bits per heavy atom. The normalized spacial score (nSPS) is 20.4. The molecule has 4 heteroatoms. The van der Waals surface area contributed by atoms with Crippen molar-refractivity contribution in [1.82, 2.24) is 4.98 Å². The van der Waals surface area contributed by atoms with Gasteiger partial charge in [-0.05, 0) is 28.9 Å². The highest BCUT2D eigenvalue weighted by molar-refractivity contribution is 9.10. The maximum Gasteiger partial charge on any atom is 0.179 e. The van der Waals surface area contributed by atoms with E-state index < -0.39 is 0 Å². The van der Waals surface area contributed by atoms with Crippen LogP contribution in [0.1, 0.15) is 18.5 Å². The molecule has 56 valence electrons. The third-order valence-electron chi connectivity index (χ3n) is 1.64. The Morgan fingerprint density at radius 1 is 1.55 bits per heavy atom. The van der Waals surface area contributed by atoms with Gasteiger partial charge in [-0.15, -0.1) is 5.11 Å². The number of nitrogens with zero attached hydrogens (tertiary/aromatic N) is 3. The van der Waals surface area contributed by atoms with Gasteiger partial charge in [0.1, 0.15) is 0 Å². The molecule has 0 aromatic carbocycles. The van der Waals surface area contributed by atoms with Crippen molar-refractivity contribution in [3.05, 3.63) is 22.3 Å². The standard InChI is InChI=1S/C7H6BrN3/c1-4-6-2-5(8)3-9-7(6)11-10-4/h2-4H,1H3/t4-/m0/s1. The predicted octanol–water partition coefficient (Wildman–Crippen LogP) is 3.00. The average Bonchev–Trinajstić information content (AvgIpc) is 2.33. The number of fused-ring (bicyclic) bond motifs is 1. The average molecular weight is 212 g/mol. The van der Waals surface area contributed by atoms with Crippen molar-refractivity contribution in [1.29, 1.82) is 0 Å². The maximum atomic E-state index is 4.10. The minimum absolute atomic E-state index is 0.162. The lowest BCUT2D eigenvalue weighted by Gasteiger charge is -1.98. The van der Waals surface area contributed by atoms with E-state index in [-0.39, 0.29) is 6.04 Å². The van der Waals surface area contributed by atoms with Crippen LogP contribution in [0.5, 0.6) is 0 Å². The van der Waals surface area contributed by atoms with Gasteiger partial charge in [0, 0.05) is 16.2 Å². The van der Waals surface area contributed by atoms with Gasteiger partial charge < -0.3 is 0 Å². The monoisotopic (exact) mass is 211 g/mol. The van der Waals surface area contributed by atoms with Crippen molar-refractivity contribution in [2.45, 2.75) is 13.0 Å². The van der Waals surface area contributed by atoms with Gasteiger partial charge in [-0.3, -0.25) is 0 Å². The zero-order chi connectivity index (χ0) is 7.84. The molecule has 1 aliphatic heterocycles. The number of rotatable bonds is 0. The summed E-state index contributed by atoms with van der Waals surface area (Å²) in [6.45, 7) is 2.00. The van der Waals surface area contributed by atoms with Crippen LogP contribution >= 0.6 is 15.9 Å². The first kappa shape index (κ1) is 6.91. The first-order chi connectivity index (χ1) is 5.27. The third-order valence-corrected chi connectivity index (χ3v) is 2.07. The van der Waals surface area contributed by atoms with Gasteiger partial charge in [0.2, 0.25) is 0 Å². The second-order valence-corrected chi connectivity index (χ2v) is 3.37. The van der Waals surface area contributed by atoms with Crippen molar-refractivity contribution in [2.24, 2.45) is 10.2 Å². The van der Waals surface area contributed by atoms with Crippen LogP contribution in [-0.2, 0) is 0 Å². The molecular weight excluding hydrogens is 206 g/mol. The molecule has 0 radical (unpaired) electrons. The topological polar surface area (TPSA) is 37.6 Å². The van der Waals surface area contributed by atoms with Crippen molar-refractivity contribution < 1.29 is 0 Å². The second-order valence-electron chi connectivity index (χ2n) is 2.46. The quantitative estimate of drug-likeness (QED) is 0.651. The van der Waals surface area contributed by atoms with Crippen molar-refractivity contribution in [3.63, 3.8) is 0 Å². The highest BCUT2D eigenvalue weighted by Crippen LogP contribution is 2.34. The predicted molar refractivity (Wildman–Crippen MR) is 44.9 cm³/mol. The molecule has 0 spiro atoms. The van der Waals surface area contributed by atoms with E-state index in [9.17, 15) is 0 Å². The molecule has 2 heterocycles. The molecule has 1 aromatic rings. The fraction of sp³-hybridized carbons (Fsp3) is 0.286. The summed E-state index contributed by atoms with van der Waals surface area (Å²) >= 11 is 3.35. The molecule has 0 fully saturated rings. The summed E-state index contributed by atoms with van der Waals surface area (Å²) < 4.78 is 0.982. The van der Waals surface area contributed by atoms with Gasteiger partial charge in [0.15, 0.2) is 5.82 Å². The lowest BCUT2D eigenvalue weighted by atomic mass is 10.1. The zero-order valence-electron chi connectivity index (χ0n) is 5.95. The Labute approximate surface area is 72.7 Å². The Bertz CT molecular complexity index is 321. The minimum Gasteiger partial charge on any atom is -0.234 e. The molecule has 0 saturated heterocycles.